The molecule has 0 spiro atoms. The molecular formula is C15H19F3N2O. The van der Waals surface area contributed by atoms with Crippen LogP contribution in [0.15, 0.2) is 24.3 Å². The molecule has 3 nitrogen and oxygen atoms in total. The first-order valence-electron chi connectivity index (χ1n) is 7.13. The average molecular weight is 300 g/mol. The van der Waals surface area contributed by atoms with E-state index in [1.165, 1.54) is 0 Å². The zero-order valence-electron chi connectivity index (χ0n) is 11.9. The molecule has 2 rings (SSSR count). The van der Waals surface area contributed by atoms with Crippen molar-refractivity contribution in [3.05, 3.63) is 29.8 Å². The highest BCUT2D eigenvalue weighted by Crippen LogP contribution is 2.32. The minimum Gasteiger partial charge on any atom is -0.384 e. The highest BCUT2D eigenvalue weighted by atomic mass is 19.4. The van der Waals surface area contributed by atoms with Gasteiger partial charge in [0.1, 0.15) is 6.54 Å². The minimum atomic E-state index is -4.37. The minimum absolute atomic E-state index is 0.279. The van der Waals surface area contributed by atoms with E-state index in [-0.39, 0.29) is 6.04 Å². The zero-order valence-corrected chi connectivity index (χ0v) is 11.9. The van der Waals surface area contributed by atoms with Crippen LogP contribution in [0, 0.1) is 0 Å². The Hall–Kier alpha value is -1.72. The molecule has 0 aliphatic heterocycles. The molecule has 1 aromatic rings. The van der Waals surface area contributed by atoms with E-state index in [1.54, 1.807) is 24.3 Å². The summed E-state index contributed by atoms with van der Waals surface area (Å²) in [5, 5.41) is 3.09. The molecule has 21 heavy (non-hydrogen) atoms. The third kappa shape index (κ3) is 4.37. The van der Waals surface area contributed by atoms with Crippen LogP contribution in [0.25, 0.3) is 0 Å². The Morgan fingerprint density at radius 3 is 2.57 bits per heavy atom. The number of nitrogens with one attached hydrogen (secondary N) is 1. The average Bonchev–Trinajstić information content (AvgIpc) is 3.25. The second-order valence-electron chi connectivity index (χ2n) is 5.25. The second-order valence-corrected chi connectivity index (χ2v) is 5.25. The number of rotatable bonds is 6. The number of alkyl halides is 3. The molecule has 0 bridgehead atoms. The molecule has 0 heterocycles. The number of carbonyl (C=O) groups excluding carboxylic acids is 1. The summed E-state index contributed by atoms with van der Waals surface area (Å²) in [5.41, 5.74) is 0.902. The molecule has 1 N–H and O–H groups in total. The van der Waals surface area contributed by atoms with E-state index in [4.69, 9.17) is 0 Å². The maximum atomic E-state index is 12.7. The van der Waals surface area contributed by atoms with Crippen molar-refractivity contribution in [3.8, 4) is 0 Å². The number of para-hydroxylation sites is 1. The summed E-state index contributed by atoms with van der Waals surface area (Å²) < 4.78 is 38.0. The molecular weight excluding hydrogens is 281 g/mol. The van der Waals surface area contributed by atoms with Gasteiger partial charge in [0.25, 0.3) is 5.91 Å². The molecule has 1 aliphatic carbocycles. The van der Waals surface area contributed by atoms with Gasteiger partial charge in [-0.15, -0.1) is 0 Å². The van der Waals surface area contributed by atoms with Crippen LogP contribution >= 0.6 is 0 Å². The number of halogens is 3. The number of benzene rings is 1. The predicted octanol–water partition coefficient (Wildman–Crippen LogP) is 3.68. The van der Waals surface area contributed by atoms with Gasteiger partial charge in [0.2, 0.25) is 0 Å². The lowest BCUT2D eigenvalue weighted by atomic mass is 10.1. The zero-order chi connectivity index (χ0) is 15.5. The lowest BCUT2D eigenvalue weighted by Crippen LogP contribution is -2.40. The van der Waals surface area contributed by atoms with E-state index in [2.05, 4.69) is 5.32 Å². The molecule has 1 fully saturated rings. The topological polar surface area (TPSA) is 32.3 Å². The monoisotopic (exact) mass is 300 g/mol. The number of hydrogen-bond acceptors (Lipinski definition) is 2. The fraction of sp³-hybridized carbons (Fsp3) is 0.533. The summed E-state index contributed by atoms with van der Waals surface area (Å²) >= 11 is 0. The van der Waals surface area contributed by atoms with Crippen molar-refractivity contribution >= 4 is 11.6 Å². The maximum absolute atomic E-state index is 12.7. The molecule has 1 saturated carbocycles. The Bertz CT molecular complexity index is 498. The van der Waals surface area contributed by atoms with Crippen molar-refractivity contribution < 1.29 is 18.0 Å². The molecule has 1 aromatic carbocycles. The van der Waals surface area contributed by atoms with Crippen molar-refractivity contribution in [1.82, 2.24) is 4.90 Å². The molecule has 0 unspecified atom stereocenters. The Morgan fingerprint density at radius 2 is 2.00 bits per heavy atom. The van der Waals surface area contributed by atoms with E-state index in [9.17, 15) is 18.0 Å². The molecule has 1 aliphatic rings. The van der Waals surface area contributed by atoms with Crippen molar-refractivity contribution in [2.45, 2.75) is 38.4 Å². The molecule has 1 amide bonds. The van der Waals surface area contributed by atoms with Gasteiger partial charge in [-0.05, 0) is 31.4 Å². The highest BCUT2D eigenvalue weighted by molar-refractivity contribution is 6.00. The molecule has 6 heteroatoms. The third-order valence-corrected chi connectivity index (χ3v) is 3.32. The molecule has 0 atom stereocenters. The highest BCUT2D eigenvalue weighted by Gasteiger charge is 2.41. The van der Waals surface area contributed by atoms with Gasteiger partial charge in [0.15, 0.2) is 0 Å². The fourth-order valence-electron chi connectivity index (χ4n) is 2.18. The van der Waals surface area contributed by atoms with Gasteiger partial charge in [-0.1, -0.05) is 19.1 Å². The summed E-state index contributed by atoms with van der Waals surface area (Å²) in [6.07, 6.45) is -2.21. The summed E-state index contributed by atoms with van der Waals surface area (Å²) in [7, 11) is 0. The van der Waals surface area contributed by atoms with E-state index < -0.39 is 18.6 Å². The van der Waals surface area contributed by atoms with E-state index >= 15 is 0 Å². The lowest BCUT2D eigenvalue weighted by Gasteiger charge is -2.25. The SMILES string of the molecule is CCCNc1ccccc1C(=O)N(CC(F)(F)F)C1CC1. The Balaban J connectivity index is 2.20. The summed E-state index contributed by atoms with van der Waals surface area (Å²) in [6, 6.07) is 6.45. The number of nitrogens with zero attached hydrogens (tertiary/aromatic N) is 1. The van der Waals surface area contributed by atoms with Gasteiger partial charge in [-0.3, -0.25) is 4.79 Å². The lowest BCUT2D eigenvalue weighted by molar-refractivity contribution is -0.141. The van der Waals surface area contributed by atoms with Crippen LogP contribution in [-0.2, 0) is 0 Å². The first kappa shape index (κ1) is 15.7. The van der Waals surface area contributed by atoms with Crippen molar-refractivity contribution in [3.63, 3.8) is 0 Å². The third-order valence-electron chi connectivity index (χ3n) is 3.32. The summed E-state index contributed by atoms with van der Waals surface area (Å²) in [5.74, 6) is -0.547. The number of amides is 1. The van der Waals surface area contributed by atoms with Gasteiger partial charge >= 0.3 is 6.18 Å². The smallest absolute Gasteiger partial charge is 0.384 e. The van der Waals surface area contributed by atoms with E-state index in [0.29, 0.717) is 30.6 Å². The summed E-state index contributed by atoms with van der Waals surface area (Å²) in [6.45, 7) is 1.48. The van der Waals surface area contributed by atoms with Gasteiger partial charge in [0, 0.05) is 18.3 Å². The molecule has 0 radical (unpaired) electrons. The first-order chi connectivity index (χ1) is 9.92. The molecule has 0 saturated heterocycles. The molecule has 116 valence electrons. The molecule has 0 aromatic heterocycles. The number of carbonyl (C=O) groups is 1. The van der Waals surface area contributed by atoms with Crippen molar-refractivity contribution in [2.75, 3.05) is 18.4 Å². The van der Waals surface area contributed by atoms with Gasteiger partial charge in [-0.25, -0.2) is 0 Å². The van der Waals surface area contributed by atoms with E-state index in [1.807, 2.05) is 6.92 Å². The Morgan fingerprint density at radius 1 is 1.33 bits per heavy atom. The quantitative estimate of drug-likeness (QED) is 0.869. The second kappa shape index (κ2) is 6.37. The van der Waals surface area contributed by atoms with Crippen LogP contribution < -0.4 is 5.32 Å². The van der Waals surface area contributed by atoms with Crippen LogP contribution in [0.2, 0.25) is 0 Å². The Kier molecular flexibility index (Phi) is 4.75. The number of hydrogen-bond donors (Lipinski definition) is 1. The standard InChI is InChI=1S/C15H19F3N2O/c1-2-9-19-13-6-4-3-5-12(13)14(21)20(11-7-8-11)10-15(16,17)18/h3-6,11,19H,2,7-10H2,1H3. The van der Waals surface area contributed by atoms with Crippen molar-refractivity contribution in [1.29, 1.82) is 0 Å². The van der Waals surface area contributed by atoms with Crippen LogP contribution in [0.5, 0.6) is 0 Å². The van der Waals surface area contributed by atoms with Crippen molar-refractivity contribution in [2.24, 2.45) is 0 Å². The van der Waals surface area contributed by atoms with Gasteiger partial charge in [-0.2, -0.15) is 13.2 Å². The largest absolute Gasteiger partial charge is 0.406 e. The maximum Gasteiger partial charge on any atom is 0.406 e. The van der Waals surface area contributed by atoms with Crippen LogP contribution in [0.3, 0.4) is 0 Å². The van der Waals surface area contributed by atoms with Crippen LogP contribution in [-0.4, -0.2) is 36.1 Å². The predicted molar refractivity (Wildman–Crippen MR) is 75.3 cm³/mol. The van der Waals surface area contributed by atoms with Crippen LogP contribution in [0.1, 0.15) is 36.5 Å². The van der Waals surface area contributed by atoms with Crippen LogP contribution in [0.4, 0.5) is 18.9 Å². The van der Waals surface area contributed by atoms with Gasteiger partial charge < -0.3 is 10.2 Å². The van der Waals surface area contributed by atoms with E-state index in [0.717, 1.165) is 11.3 Å². The normalized spacial score (nSPS) is 14.9. The summed E-state index contributed by atoms with van der Waals surface area (Å²) in [4.78, 5) is 13.4. The van der Waals surface area contributed by atoms with Gasteiger partial charge in [0.05, 0.1) is 5.56 Å². The fourth-order valence-corrected chi connectivity index (χ4v) is 2.18. The Labute approximate surface area is 122 Å². The number of anilines is 1. The first-order valence-corrected chi connectivity index (χ1v) is 7.13.